The maximum Gasteiger partial charge on any atom is 0.240 e. The van der Waals surface area contributed by atoms with Gasteiger partial charge in [0.1, 0.15) is 0 Å². The molecule has 0 aliphatic heterocycles. The van der Waals surface area contributed by atoms with Crippen molar-refractivity contribution in [2.24, 2.45) is 11.8 Å². The second-order valence-corrected chi connectivity index (χ2v) is 3.89. The molecule has 72 valence electrons. The molecule has 2 unspecified atom stereocenters. The molecule has 1 fully saturated rings. The molecule has 2 rings (SSSR count). The van der Waals surface area contributed by atoms with Gasteiger partial charge in [0.05, 0.1) is 0 Å². The molecule has 0 spiro atoms. The summed E-state index contributed by atoms with van der Waals surface area (Å²) in [6, 6.07) is 0. The number of anilines is 1. The van der Waals surface area contributed by atoms with Crippen molar-refractivity contribution in [1.82, 2.24) is 20.2 Å². The summed E-state index contributed by atoms with van der Waals surface area (Å²) in [7, 11) is 0. The third kappa shape index (κ3) is 1.64. The summed E-state index contributed by atoms with van der Waals surface area (Å²) >= 11 is 0. The molecule has 5 nitrogen and oxygen atoms in total. The van der Waals surface area contributed by atoms with E-state index in [9.17, 15) is 0 Å². The van der Waals surface area contributed by atoms with E-state index in [2.05, 4.69) is 22.4 Å². The standard InChI is InChI=1S/C8H15N5/c1-6-3-2-4-7(6)5-13-8(9)10-11-12-13/h6-7H,2-5H2,1H3,(H2,9,10,12). The first-order valence-corrected chi connectivity index (χ1v) is 4.79. The Morgan fingerprint density at radius 2 is 2.38 bits per heavy atom. The van der Waals surface area contributed by atoms with Gasteiger partial charge in [-0.25, -0.2) is 4.68 Å². The Morgan fingerprint density at radius 3 is 2.92 bits per heavy atom. The summed E-state index contributed by atoms with van der Waals surface area (Å²) in [4.78, 5) is 0. The normalized spacial score (nSPS) is 28.1. The van der Waals surface area contributed by atoms with Crippen LogP contribution < -0.4 is 5.73 Å². The lowest BCUT2D eigenvalue weighted by Crippen LogP contribution is -2.16. The van der Waals surface area contributed by atoms with E-state index in [0.717, 1.165) is 12.5 Å². The highest BCUT2D eigenvalue weighted by Gasteiger charge is 2.24. The molecule has 1 aromatic heterocycles. The molecule has 1 heterocycles. The van der Waals surface area contributed by atoms with Gasteiger partial charge in [0.25, 0.3) is 0 Å². The Labute approximate surface area is 77.3 Å². The summed E-state index contributed by atoms with van der Waals surface area (Å²) < 4.78 is 1.70. The van der Waals surface area contributed by atoms with Gasteiger partial charge in [0.15, 0.2) is 0 Å². The van der Waals surface area contributed by atoms with Crippen molar-refractivity contribution in [2.45, 2.75) is 32.7 Å². The van der Waals surface area contributed by atoms with E-state index in [4.69, 9.17) is 5.73 Å². The van der Waals surface area contributed by atoms with E-state index in [1.165, 1.54) is 19.3 Å². The highest BCUT2D eigenvalue weighted by atomic mass is 15.6. The Bertz CT molecular complexity index is 282. The Morgan fingerprint density at radius 1 is 1.54 bits per heavy atom. The maximum absolute atomic E-state index is 5.59. The Kier molecular flexibility index (Phi) is 2.16. The molecule has 2 atom stereocenters. The molecule has 0 amide bonds. The van der Waals surface area contributed by atoms with E-state index < -0.39 is 0 Å². The first-order chi connectivity index (χ1) is 6.27. The molecule has 1 saturated carbocycles. The van der Waals surface area contributed by atoms with E-state index in [1.54, 1.807) is 4.68 Å². The van der Waals surface area contributed by atoms with Gasteiger partial charge in [-0.2, -0.15) is 0 Å². The number of nitrogen functional groups attached to an aromatic ring is 1. The van der Waals surface area contributed by atoms with Gasteiger partial charge in [-0.15, -0.1) is 0 Å². The minimum absolute atomic E-state index is 0.430. The zero-order chi connectivity index (χ0) is 9.26. The molecule has 0 saturated heterocycles. The summed E-state index contributed by atoms with van der Waals surface area (Å²) in [6.45, 7) is 3.16. The molecule has 1 aliphatic carbocycles. The van der Waals surface area contributed by atoms with Gasteiger partial charge >= 0.3 is 0 Å². The van der Waals surface area contributed by atoms with Crippen molar-refractivity contribution >= 4 is 5.95 Å². The predicted octanol–water partition coefficient (Wildman–Crippen LogP) is 0.691. The number of hydrogen-bond acceptors (Lipinski definition) is 4. The number of aromatic nitrogens is 4. The monoisotopic (exact) mass is 181 g/mol. The molecular weight excluding hydrogens is 166 g/mol. The summed E-state index contributed by atoms with van der Waals surface area (Å²) in [5.41, 5.74) is 5.59. The highest BCUT2D eigenvalue weighted by Crippen LogP contribution is 2.32. The van der Waals surface area contributed by atoms with Gasteiger partial charge < -0.3 is 5.73 Å². The zero-order valence-corrected chi connectivity index (χ0v) is 7.85. The number of nitrogens with zero attached hydrogens (tertiary/aromatic N) is 4. The molecular formula is C8H15N5. The van der Waals surface area contributed by atoms with Crippen LogP contribution >= 0.6 is 0 Å². The maximum atomic E-state index is 5.59. The van der Waals surface area contributed by atoms with Crippen molar-refractivity contribution in [3.63, 3.8) is 0 Å². The van der Waals surface area contributed by atoms with Crippen molar-refractivity contribution in [3.05, 3.63) is 0 Å². The van der Waals surface area contributed by atoms with Crippen molar-refractivity contribution in [3.8, 4) is 0 Å². The molecule has 13 heavy (non-hydrogen) atoms. The van der Waals surface area contributed by atoms with E-state index >= 15 is 0 Å². The third-order valence-electron chi connectivity index (χ3n) is 3.01. The van der Waals surface area contributed by atoms with Gasteiger partial charge in [0, 0.05) is 6.54 Å². The molecule has 0 radical (unpaired) electrons. The van der Waals surface area contributed by atoms with Gasteiger partial charge in [-0.3, -0.25) is 0 Å². The van der Waals surface area contributed by atoms with Crippen LogP contribution in [0.15, 0.2) is 0 Å². The molecule has 1 aromatic rings. The lowest BCUT2D eigenvalue weighted by molar-refractivity contribution is 0.346. The van der Waals surface area contributed by atoms with E-state index in [0.29, 0.717) is 11.9 Å². The van der Waals surface area contributed by atoms with Crippen LogP contribution in [0.5, 0.6) is 0 Å². The van der Waals surface area contributed by atoms with Crippen LogP contribution in [-0.4, -0.2) is 20.2 Å². The van der Waals surface area contributed by atoms with Crippen LogP contribution in [0.3, 0.4) is 0 Å². The van der Waals surface area contributed by atoms with Crippen LogP contribution in [0.1, 0.15) is 26.2 Å². The summed E-state index contributed by atoms with van der Waals surface area (Å²) in [6.07, 6.45) is 3.93. The molecule has 5 heteroatoms. The Hall–Kier alpha value is -1.13. The first kappa shape index (κ1) is 8.47. The highest BCUT2D eigenvalue weighted by molar-refractivity contribution is 5.09. The lowest BCUT2D eigenvalue weighted by Gasteiger charge is -2.14. The van der Waals surface area contributed by atoms with Crippen LogP contribution in [0.4, 0.5) is 5.95 Å². The van der Waals surface area contributed by atoms with Gasteiger partial charge in [0.2, 0.25) is 5.95 Å². The number of nitrogens with two attached hydrogens (primary N) is 1. The number of hydrogen-bond donors (Lipinski definition) is 1. The molecule has 2 N–H and O–H groups in total. The third-order valence-corrected chi connectivity index (χ3v) is 3.01. The fourth-order valence-electron chi connectivity index (χ4n) is 2.06. The smallest absolute Gasteiger partial charge is 0.240 e. The topological polar surface area (TPSA) is 69.6 Å². The molecule has 1 aliphatic rings. The average molecular weight is 181 g/mol. The van der Waals surface area contributed by atoms with Crippen molar-refractivity contribution in [1.29, 1.82) is 0 Å². The van der Waals surface area contributed by atoms with Crippen LogP contribution in [0, 0.1) is 11.8 Å². The quantitative estimate of drug-likeness (QED) is 0.728. The first-order valence-electron chi connectivity index (χ1n) is 4.79. The van der Waals surface area contributed by atoms with Crippen LogP contribution in [0.25, 0.3) is 0 Å². The minimum Gasteiger partial charge on any atom is -0.367 e. The molecule has 0 bridgehead atoms. The fourth-order valence-corrected chi connectivity index (χ4v) is 2.06. The second-order valence-electron chi connectivity index (χ2n) is 3.89. The second kappa shape index (κ2) is 3.32. The van der Waals surface area contributed by atoms with Crippen LogP contribution in [-0.2, 0) is 6.54 Å². The van der Waals surface area contributed by atoms with Gasteiger partial charge in [-0.05, 0) is 28.7 Å². The van der Waals surface area contributed by atoms with E-state index in [1.807, 2.05) is 0 Å². The largest absolute Gasteiger partial charge is 0.367 e. The lowest BCUT2D eigenvalue weighted by atomic mass is 9.98. The van der Waals surface area contributed by atoms with Gasteiger partial charge in [-0.1, -0.05) is 24.9 Å². The fraction of sp³-hybridized carbons (Fsp3) is 0.875. The van der Waals surface area contributed by atoms with Crippen LogP contribution in [0.2, 0.25) is 0 Å². The minimum atomic E-state index is 0.430. The zero-order valence-electron chi connectivity index (χ0n) is 7.85. The van der Waals surface area contributed by atoms with Crippen molar-refractivity contribution < 1.29 is 0 Å². The molecule has 0 aromatic carbocycles. The van der Waals surface area contributed by atoms with E-state index in [-0.39, 0.29) is 0 Å². The number of rotatable bonds is 2. The summed E-state index contributed by atoms with van der Waals surface area (Å²) in [5.74, 6) is 1.91. The number of tetrazole rings is 1. The average Bonchev–Trinajstić information content (AvgIpc) is 2.65. The van der Waals surface area contributed by atoms with Crippen molar-refractivity contribution in [2.75, 3.05) is 5.73 Å². The Balaban J connectivity index is 2.01. The SMILES string of the molecule is CC1CCCC1Cn1nnnc1N. The summed E-state index contributed by atoms with van der Waals surface area (Å²) in [5, 5.41) is 11.0. The predicted molar refractivity (Wildman–Crippen MR) is 48.7 cm³/mol.